The zero-order valence-electron chi connectivity index (χ0n) is 11.4. The molecular formula is C15H22N2O2. The second-order valence-corrected chi connectivity index (χ2v) is 4.93. The molecule has 0 aromatic heterocycles. The number of benzene rings is 1. The van der Waals surface area contributed by atoms with Gasteiger partial charge >= 0.3 is 0 Å². The van der Waals surface area contributed by atoms with Crippen molar-refractivity contribution in [2.45, 2.75) is 38.3 Å². The minimum Gasteiger partial charge on any atom is -0.378 e. The van der Waals surface area contributed by atoms with Crippen molar-refractivity contribution in [3.63, 3.8) is 0 Å². The largest absolute Gasteiger partial charge is 0.378 e. The molecule has 4 nitrogen and oxygen atoms in total. The monoisotopic (exact) mass is 262 g/mol. The van der Waals surface area contributed by atoms with Crippen LogP contribution in [0.3, 0.4) is 0 Å². The van der Waals surface area contributed by atoms with Crippen LogP contribution in [-0.4, -0.2) is 25.7 Å². The summed E-state index contributed by atoms with van der Waals surface area (Å²) in [5.41, 5.74) is 1.99. The Morgan fingerprint density at radius 3 is 2.95 bits per heavy atom. The Balaban J connectivity index is 1.90. The van der Waals surface area contributed by atoms with E-state index in [0.29, 0.717) is 6.42 Å². The van der Waals surface area contributed by atoms with Crippen LogP contribution in [-0.2, 0) is 16.1 Å². The van der Waals surface area contributed by atoms with Crippen molar-refractivity contribution in [3.05, 3.63) is 29.8 Å². The lowest BCUT2D eigenvalue weighted by molar-refractivity contribution is -0.119. The maximum Gasteiger partial charge on any atom is 0.226 e. The maximum atomic E-state index is 12.0. The molecule has 2 N–H and O–H groups in total. The predicted molar refractivity (Wildman–Crippen MR) is 76.0 cm³/mol. The quantitative estimate of drug-likeness (QED) is 0.856. The molecule has 19 heavy (non-hydrogen) atoms. The Labute approximate surface area is 114 Å². The summed E-state index contributed by atoms with van der Waals surface area (Å²) < 4.78 is 5.59. The number of carbonyl (C=O) groups excluding carboxylic acids is 1. The zero-order valence-corrected chi connectivity index (χ0v) is 11.4. The van der Waals surface area contributed by atoms with Crippen LogP contribution in [0.5, 0.6) is 0 Å². The van der Waals surface area contributed by atoms with Gasteiger partial charge in [0.25, 0.3) is 0 Å². The summed E-state index contributed by atoms with van der Waals surface area (Å²) in [5.74, 6) is 0.0375. The average Bonchev–Trinajstić information content (AvgIpc) is 2.42. The minimum absolute atomic E-state index is 0.0375. The summed E-state index contributed by atoms with van der Waals surface area (Å²) in [6, 6.07) is 7.87. The summed E-state index contributed by atoms with van der Waals surface area (Å²) >= 11 is 0. The van der Waals surface area contributed by atoms with Gasteiger partial charge in [0.15, 0.2) is 0 Å². The molecule has 0 spiro atoms. The Hall–Kier alpha value is -1.39. The van der Waals surface area contributed by atoms with E-state index in [1.165, 1.54) is 0 Å². The lowest BCUT2D eigenvalue weighted by atomic mass is 10.1. The summed E-state index contributed by atoms with van der Waals surface area (Å²) in [5, 5.41) is 6.09. The van der Waals surface area contributed by atoms with Crippen molar-refractivity contribution in [1.82, 2.24) is 5.32 Å². The zero-order chi connectivity index (χ0) is 13.5. The van der Waals surface area contributed by atoms with E-state index in [9.17, 15) is 4.79 Å². The van der Waals surface area contributed by atoms with Gasteiger partial charge in [0.2, 0.25) is 5.91 Å². The molecule has 104 valence electrons. The fourth-order valence-corrected chi connectivity index (χ4v) is 2.36. The molecule has 1 atom stereocenters. The summed E-state index contributed by atoms with van der Waals surface area (Å²) in [7, 11) is 1.90. The maximum absolute atomic E-state index is 12.0. The highest BCUT2D eigenvalue weighted by molar-refractivity contribution is 5.91. The second-order valence-electron chi connectivity index (χ2n) is 4.93. The van der Waals surface area contributed by atoms with Gasteiger partial charge in [-0.1, -0.05) is 18.2 Å². The second kappa shape index (κ2) is 7.26. The van der Waals surface area contributed by atoms with Gasteiger partial charge in [0, 0.05) is 18.8 Å². The highest BCUT2D eigenvalue weighted by Gasteiger charge is 2.18. The van der Waals surface area contributed by atoms with Gasteiger partial charge in [-0.15, -0.1) is 0 Å². The van der Waals surface area contributed by atoms with Crippen molar-refractivity contribution in [2.75, 3.05) is 19.0 Å². The lowest BCUT2D eigenvalue weighted by Crippen LogP contribution is -2.26. The van der Waals surface area contributed by atoms with Crippen molar-refractivity contribution in [1.29, 1.82) is 0 Å². The molecule has 1 amide bonds. The molecular weight excluding hydrogens is 240 g/mol. The molecule has 0 radical (unpaired) electrons. The average molecular weight is 262 g/mol. The van der Waals surface area contributed by atoms with Crippen molar-refractivity contribution >= 4 is 11.6 Å². The first kappa shape index (κ1) is 14.0. The number of hydrogen-bond donors (Lipinski definition) is 2. The molecule has 1 aromatic carbocycles. The fraction of sp³-hybridized carbons (Fsp3) is 0.533. The first-order chi connectivity index (χ1) is 9.29. The van der Waals surface area contributed by atoms with Gasteiger partial charge in [0.1, 0.15) is 0 Å². The number of amides is 1. The van der Waals surface area contributed by atoms with E-state index >= 15 is 0 Å². The number of carbonyl (C=O) groups is 1. The Bertz CT molecular complexity index is 414. The molecule has 4 heteroatoms. The van der Waals surface area contributed by atoms with Crippen LogP contribution in [0.4, 0.5) is 5.69 Å². The lowest BCUT2D eigenvalue weighted by Gasteiger charge is -2.22. The Kier molecular flexibility index (Phi) is 5.36. The van der Waals surface area contributed by atoms with E-state index in [2.05, 4.69) is 10.6 Å². The number of ether oxygens (including phenoxy) is 1. The third kappa shape index (κ3) is 4.33. The van der Waals surface area contributed by atoms with Gasteiger partial charge < -0.3 is 15.4 Å². The van der Waals surface area contributed by atoms with Gasteiger partial charge in [-0.25, -0.2) is 0 Å². The van der Waals surface area contributed by atoms with Crippen molar-refractivity contribution < 1.29 is 9.53 Å². The van der Waals surface area contributed by atoms with Gasteiger partial charge in [-0.05, 0) is 37.9 Å². The number of hydrogen-bond acceptors (Lipinski definition) is 3. The minimum atomic E-state index is 0.0375. The van der Waals surface area contributed by atoms with Crippen LogP contribution in [0, 0.1) is 0 Å². The summed E-state index contributed by atoms with van der Waals surface area (Å²) in [6.45, 7) is 1.53. The smallest absolute Gasteiger partial charge is 0.226 e. The summed E-state index contributed by atoms with van der Waals surface area (Å²) in [4.78, 5) is 12.0. The van der Waals surface area contributed by atoms with Crippen LogP contribution in [0.1, 0.15) is 31.2 Å². The van der Waals surface area contributed by atoms with E-state index < -0.39 is 0 Å². The molecule has 1 fully saturated rings. The number of rotatable bonds is 5. The van der Waals surface area contributed by atoms with Crippen molar-refractivity contribution in [2.24, 2.45) is 0 Å². The molecule has 1 saturated heterocycles. The number of para-hydroxylation sites is 1. The predicted octanol–water partition coefficient (Wildman–Crippen LogP) is 2.30. The molecule has 2 rings (SSSR count). The third-order valence-corrected chi connectivity index (χ3v) is 3.35. The van der Waals surface area contributed by atoms with Crippen LogP contribution in [0.25, 0.3) is 0 Å². The van der Waals surface area contributed by atoms with E-state index in [4.69, 9.17) is 4.74 Å². The number of nitrogens with one attached hydrogen (secondary N) is 2. The normalized spacial score (nSPS) is 19.1. The Morgan fingerprint density at radius 2 is 2.21 bits per heavy atom. The molecule has 1 aromatic rings. The fourth-order valence-electron chi connectivity index (χ4n) is 2.36. The summed E-state index contributed by atoms with van der Waals surface area (Å²) in [6.07, 6.45) is 3.81. The van der Waals surface area contributed by atoms with E-state index in [1.54, 1.807) is 0 Å². The van der Waals surface area contributed by atoms with E-state index in [0.717, 1.165) is 43.7 Å². The standard InChI is InChI=1S/C15H22N2O2/c1-16-11-12-6-2-3-8-14(12)17-15(18)10-13-7-4-5-9-19-13/h2-3,6,8,13,16H,4-5,7,9-11H2,1H3,(H,17,18). The van der Waals surface area contributed by atoms with Crippen LogP contribution in [0.2, 0.25) is 0 Å². The molecule has 1 unspecified atom stereocenters. The first-order valence-electron chi connectivity index (χ1n) is 6.93. The first-order valence-corrected chi connectivity index (χ1v) is 6.93. The van der Waals surface area contributed by atoms with Crippen LogP contribution >= 0.6 is 0 Å². The third-order valence-electron chi connectivity index (χ3n) is 3.35. The topological polar surface area (TPSA) is 50.4 Å². The van der Waals surface area contributed by atoms with E-state index in [-0.39, 0.29) is 12.0 Å². The van der Waals surface area contributed by atoms with Crippen LogP contribution < -0.4 is 10.6 Å². The highest BCUT2D eigenvalue weighted by Crippen LogP contribution is 2.18. The Morgan fingerprint density at radius 1 is 1.37 bits per heavy atom. The van der Waals surface area contributed by atoms with Gasteiger partial charge in [0.05, 0.1) is 12.5 Å². The molecule has 1 heterocycles. The van der Waals surface area contributed by atoms with E-state index in [1.807, 2.05) is 31.3 Å². The van der Waals surface area contributed by atoms with Crippen LogP contribution in [0.15, 0.2) is 24.3 Å². The molecule has 1 aliphatic rings. The number of anilines is 1. The van der Waals surface area contributed by atoms with Gasteiger partial charge in [-0.2, -0.15) is 0 Å². The van der Waals surface area contributed by atoms with Crippen molar-refractivity contribution in [3.8, 4) is 0 Å². The molecule has 0 bridgehead atoms. The molecule has 0 saturated carbocycles. The highest BCUT2D eigenvalue weighted by atomic mass is 16.5. The molecule has 0 aliphatic carbocycles. The SMILES string of the molecule is CNCc1ccccc1NC(=O)CC1CCCCO1. The van der Waals surface area contributed by atoms with Gasteiger partial charge in [-0.3, -0.25) is 4.79 Å². The molecule has 1 aliphatic heterocycles.